The van der Waals surface area contributed by atoms with Gasteiger partial charge in [-0.25, -0.2) is 0 Å². The van der Waals surface area contributed by atoms with Crippen molar-refractivity contribution in [3.63, 3.8) is 0 Å². The van der Waals surface area contributed by atoms with Gasteiger partial charge in [-0.05, 0) is 48.2 Å². The molecule has 2 nitrogen and oxygen atoms in total. The summed E-state index contributed by atoms with van der Waals surface area (Å²) in [6, 6.07) is 4.15. The van der Waals surface area contributed by atoms with Crippen LogP contribution in [-0.4, -0.2) is 0 Å². The number of hydrogen-bond donors (Lipinski definition) is 0. The third-order valence-electron chi connectivity index (χ3n) is 4.78. The lowest BCUT2D eigenvalue weighted by Crippen LogP contribution is -2.50. The first-order valence-electron chi connectivity index (χ1n) is 6.34. The Kier molecular flexibility index (Phi) is 2.91. The zero-order valence-electron chi connectivity index (χ0n) is 11.2. The summed E-state index contributed by atoms with van der Waals surface area (Å²) in [7, 11) is 0. The van der Waals surface area contributed by atoms with Crippen LogP contribution in [0.5, 0.6) is 0 Å². The van der Waals surface area contributed by atoms with Crippen LogP contribution < -0.4 is 0 Å². The van der Waals surface area contributed by atoms with Crippen LogP contribution in [0.2, 0.25) is 0 Å². The molecule has 0 N–H and O–H groups in total. The van der Waals surface area contributed by atoms with E-state index < -0.39 is 0 Å². The maximum absolute atomic E-state index is 9.18. The Balaban J connectivity index is 2.67. The molecule has 0 aromatic carbocycles. The predicted molar refractivity (Wildman–Crippen MR) is 71.1 cm³/mol. The summed E-state index contributed by atoms with van der Waals surface area (Å²) < 4.78 is 0. The summed E-state index contributed by atoms with van der Waals surface area (Å²) in [5.41, 5.74) is 4.00. The van der Waals surface area contributed by atoms with Crippen LogP contribution in [0.1, 0.15) is 33.6 Å². The van der Waals surface area contributed by atoms with Crippen molar-refractivity contribution in [3.05, 3.63) is 34.9 Å². The van der Waals surface area contributed by atoms with Crippen LogP contribution in [-0.2, 0) is 0 Å². The molecule has 0 radical (unpaired) electrons. The molecule has 1 fully saturated rings. The molecule has 2 bridgehead atoms. The van der Waals surface area contributed by atoms with Crippen molar-refractivity contribution in [2.75, 3.05) is 0 Å². The van der Waals surface area contributed by atoms with Gasteiger partial charge in [-0.3, -0.25) is 0 Å². The number of allylic oxidation sites excluding steroid dienone is 5. The van der Waals surface area contributed by atoms with E-state index in [2.05, 4.69) is 39.5 Å². The van der Waals surface area contributed by atoms with Crippen molar-refractivity contribution >= 4 is 0 Å². The minimum atomic E-state index is 0.184. The first-order valence-corrected chi connectivity index (χ1v) is 6.34. The zero-order chi connectivity index (χ0) is 13.5. The average Bonchev–Trinajstić information content (AvgIpc) is 2.33. The molecule has 3 rings (SSSR count). The smallest absolute Gasteiger partial charge is 0.133 e. The maximum Gasteiger partial charge on any atom is 0.133 e. The second-order valence-corrected chi connectivity index (χ2v) is 5.83. The van der Waals surface area contributed by atoms with Crippen LogP contribution in [0.25, 0.3) is 0 Å². The molecule has 0 amide bonds. The van der Waals surface area contributed by atoms with E-state index >= 15 is 0 Å². The molecule has 2 atom stereocenters. The van der Waals surface area contributed by atoms with Gasteiger partial charge in [-0.2, -0.15) is 10.5 Å². The lowest BCUT2D eigenvalue weighted by molar-refractivity contribution is 0.0202. The Hall–Kier alpha value is -1.80. The van der Waals surface area contributed by atoms with Crippen LogP contribution >= 0.6 is 0 Å². The molecule has 0 aromatic heterocycles. The first kappa shape index (κ1) is 12.7. The van der Waals surface area contributed by atoms with Crippen molar-refractivity contribution < 1.29 is 0 Å². The normalized spacial score (nSPS) is 27.9. The van der Waals surface area contributed by atoms with Crippen LogP contribution in [0.3, 0.4) is 0 Å². The lowest BCUT2D eigenvalue weighted by Gasteiger charge is -2.58. The summed E-state index contributed by atoms with van der Waals surface area (Å²) in [5.74, 6) is 0.954. The van der Waals surface area contributed by atoms with Crippen LogP contribution in [0.4, 0.5) is 0 Å². The Morgan fingerprint density at radius 1 is 1.39 bits per heavy atom. The summed E-state index contributed by atoms with van der Waals surface area (Å²) >= 11 is 0. The molecular weight excluding hydrogens is 220 g/mol. The molecule has 92 valence electrons. The molecule has 2 heteroatoms. The largest absolute Gasteiger partial charge is 0.192 e. The Labute approximate surface area is 109 Å². The van der Waals surface area contributed by atoms with Gasteiger partial charge in [0, 0.05) is 0 Å². The van der Waals surface area contributed by atoms with Crippen LogP contribution in [0, 0.1) is 39.9 Å². The van der Waals surface area contributed by atoms with E-state index in [9.17, 15) is 10.5 Å². The summed E-state index contributed by atoms with van der Waals surface area (Å²) in [6.07, 6.45) is 3.71. The van der Waals surface area contributed by atoms with E-state index in [1.165, 1.54) is 11.1 Å². The fourth-order valence-electron chi connectivity index (χ4n) is 3.67. The van der Waals surface area contributed by atoms with Crippen LogP contribution in [0.15, 0.2) is 34.9 Å². The van der Waals surface area contributed by atoms with Gasteiger partial charge >= 0.3 is 0 Å². The summed E-state index contributed by atoms with van der Waals surface area (Å²) in [6.45, 7) is 10.4. The average molecular weight is 238 g/mol. The monoisotopic (exact) mass is 238 g/mol. The van der Waals surface area contributed by atoms with Crippen molar-refractivity contribution in [2.45, 2.75) is 33.6 Å². The number of fused-ring (bicyclic) bond motifs is 1. The third-order valence-corrected chi connectivity index (χ3v) is 4.78. The molecule has 0 spiro atoms. The van der Waals surface area contributed by atoms with E-state index in [1.807, 2.05) is 6.08 Å². The Morgan fingerprint density at radius 3 is 2.44 bits per heavy atom. The second kappa shape index (κ2) is 4.14. The molecule has 0 unspecified atom stereocenters. The van der Waals surface area contributed by atoms with Crippen molar-refractivity contribution in [1.29, 1.82) is 10.5 Å². The molecule has 0 saturated heterocycles. The summed E-state index contributed by atoms with van der Waals surface area (Å²) in [4.78, 5) is 0. The fourth-order valence-corrected chi connectivity index (χ4v) is 3.67. The van der Waals surface area contributed by atoms with E-state index in [1.54, 1.807) is 0 Å². The van der Waals surface area contributed by atoms with Gasteiger partial charge < -0.3 is 0 Å². The quantitative estimate of drug-likeness (QED) is 0.541. The minimum absolute atomic E-state index is 0.184. The topological polar surface area (TPSA) is 47.6 Å². The Morgan fingerprint density at radius 2 is 2.00 bits per heavy atom. The summed E-state index contributed by atoms with van der Waals surface area (Å²) in [5, 5.41) is 18.4. The van der Waals surface area contributed by atoms with E-state index in [0.29, 0.717) is 17.4 Å². The molecule has 3 aliphatic rings. The van der Waals surface area contributed by atoms with E-state index in [-0.39, 0.29) is 5.41 Å². The molecule has 3 aliphatic carbocycles. The van der Waals surface area contributed by atoms with Crippen molar-refractivity contribution in [1.82, 2.24) is 0 Å². The maximum atomic E-state index is 9.18. The van der Waals surface area contributed by atoms with Gasteiger partial charge in [-0.15, -0.1) is 6.58 Å². The SMILES string of the molecule is C=CCC1=C(C)[C@@H]2C[C@H](C1=C(C#N)C#N)C2(C)C. The molecule has 0 aromatic rings. The van der Waals surface area contributed by atoms with Gasteiger partial charge in [0.15, 0.2) is 0 Å². The third kappa shape index (κ3) is 1.46. The first-order chi connectivity index (χ1) is 8.48. The Bertz CT molecular complexity index is 531. The van der Waals surface area contributed by atoms with E-state index in [4.69, 9.17) is 0 Å². The van der Waals surface area contributed by atoms with Gasteiger partial charge in [-0.1, -0.05) is 25.5 Å². The van der Waals surface area contributed by atoms with Crippen molar-refractivity contribution in [2.24, 2.45) is 17.3 Å². The number of nitrogens with zero attached hydrogens (tertiary/aromatic N) is 2. The molecule has 1 saturated carbocycles. The van der Waals surface area contributed by atoms with Crippen molar-refractivity contribution in [3.8, 4) is 12.1 Å². The lowest BCUT2D eigenvalue weighted by atomic mass is 9.45. The van der Waals surface area contributed by atoms with Gasteiger partial charge in [0.1, 0.15) is 17.7 Å². The highest BCUT2D eigenvalue weighted by Crippen LogP contribution is 2.63. The molecule has 0 heterocycles. The van der Waals surface area contributed by atoms with Gasteiger partial charge in [0.05, 0.1) is 0 Å². The highest BCUT2D eigenvalue weighted by Gasteiger charge is 2.55. The molecule has 18 heavy (non-hydrogen) atoms. The highest BCUT2D eigenvalue weighted by molar-refractivity contribution is 5.57. The standard InChI is InChI=1S/C16H18N2/c1-5-6-12-10(2)13-7-14(16(13,3)4)15(12)11(8-17)9-18/h5,13-14H,1,6-7H2,2-4H3/t13-,14+/m0/s1. The highest BCUT2D eigenvalue weighted by atomic mass is 14.6. The number of nitriles is 2. The van der Waals surface area contributed by atoms with Gasteiger partial charge in [0.25, 0.3) is 0 Å². The minimum Gasteiger partial charge on any atom is -0.192 e. The fraction of sp³-hybridized carbons (Fsp3) is 0.500. The number of rotatable bonds is 2. The second-order valence-electron chi connectivity index (χ2n) is 5.83. The van der Waals surface area contributed by atoms with E-state index in [0.717, 1.165) is 18.4 Å². The molecular formula is C16H18N2. The molecule has 0 aliphatic heterocycles. The predicted octanol–water partition coefficient (Wildman–Crippen LogP) is 3.90. The number of hydrogen-bond acceptors (Lipinski definition) is 2. The van der Waals surface area contributed by atoms with Gasteiger partial charge in [0.2, 0.25) is 0 Å². The zero-order valence-corrected chi connectivity index (χ0v) is 11.2.